The molecule has 7 heteroatoms. The maximum Gasteiger partial charge on any atom is 0.261 e. The monoisotopic (exact) mass is 324 g/mol. The fourth-order valence-electron chi connectivity index (χ4n) is 1.82. The Balaban J connectivity index is 2.46. The van der Waals surface area contributed by atoms with Gasteiger partial charge in [-0.15, -0.1) is 0 Å². The lowest BCUT2D eigenvalue weighted by atomic mass is 10.1. The second-order valence-electron chi connectivity index (χ2n) is 4.42. The number of primary amides is 1. The van der Waals surface area contributed by atoms with E-state index in [4.69, 9.17) is 17.3 Å². The summed E-state index contributed by atoms with van der Waals surface area (Å²) in [6.45, 7) is 1.69. The number of hydrogen-bond donors (Lipinski definition) is 2. The van der Waals surface area contributed by atoms with Gasteiger partial charge in [0.15, 0.2) is 0 Å². The van der Waals surface area contributed by atoms with Gasteiger partial charge < -0.3 is 5.73 Å². The summed E-state index contributed by atoms with van der Waals surface area (Å²) in [5, 5.41) is 0.433. The van der Waals surface area contributed by atoms with Gasteiger partial charge in [0, 0.05) is 5.02 Å². The third kappa shape index (κ3) is 3.34. The lowest BCUT2D eigenvalue weighted by Crippen LogP contribution is -2.19. The Labute approximate surface area is 127 Å². The SMILES string of the molecule is Cc1cccc(C(N)=O)c1NS(=O)(=O)c1ccc(Cl)cc1. The van der Waals surface area contributed by atoms with E-state index < -0.39 is 15.9 Å². The minimum Gasteiger partial charge on any atom is -0.366 e. The predicted molar refractivity (Wildman–Crippen MR) is 82.0 cm³/mol. The van der Waals surface area contributed by atoms with Crippen molar-refractivity contribution in [2.24, 2.45) is 5.73 Å². The number of nitrogens with two attached hydrogens (primary N) is 1. The van der Waals surface area contributed by atoms with Gasteiger partial charge in [-0.2, -0.15) is 0 Å². The summed E-state index contributed by atoms with van der Waals surface area (Å²) in [4.78, 5) is 11.5. The van der Waals surface area contributed by atoms with E-state index in [1.54, 1.807) is 19.1 Å². The topological polar surface area (TPSA) is 89.3 Å². The van der Waals surface area contributed by atoms with Gasteiger partial charge >= 0.3 is 0 Å². The van der Waals surface area contributed by atoms with Crippen LogP contribution in [0.2, 0.25) is 5.02 Å². The summed E-state index contributed by atoms with van der Waals surface area (Å²) in [5.74, 6) is -0.701. The molecule has 0 aliphatic rings. The molecule has 0 saturated heterocycles. The molecule has 0 saturated carbocycles. The highest BCUT2D eigenvalue weighted by Crippen LogP contribution is 2.24. The largest absolute Gasteiger partial charge is 0.366 e. The molecule has 0 radical (unpaired) electrons. The third-order valence-corrected chi connectivity index (χ3v) is 4.52. The molecular weight excluding hydrogens is 312 g/mol. The molecule has 0 heterocycles. The highest BCUT2D eigenvalue weighted by atomic mass is 35.5. The number of sulfonamides is 1. The number of benzene rings is 2. The molecule has 1 amide bonds. The molecular formula is C14H13ClN2O3S. The number of aryl methyl sites for hydroxylation is 1. The highest BCUT2D eigenvalue weighted by molar-refractivity contribution is 7.92. The predicted octanol–water partition coefficient (Wildman–Crippen LogP) is 2.55. The number of anilines is 1. The van der Waals surface area contributed by atoms with Gasteiger partial charge in [-0.1, -0.05) is 23.7 Å². The number of carbonyl (C=O) groups excluding carboxylic acids is 1. The second-order valence-corrected chi connectivity index (χ2v) is 6.54. The number of carbonyl (C=O) groups is 1. The molecule has 0 bridgehead atoms. The van der Waals surface area contributed by atoms with E-state index in [2.05, 4.69) is 4.72 Å². The van der Waals surface area contributed by atoms with Gasteiger partial charge in [-0.05, 0) is 42.8 Å². The first-order valence-electron chi connectivity index (χ1n) is 5.99. The molecule has 0 spiro atoms. The van der Waals surface area contributed by atoms with Crippen LogP contribution in [0.3, 0.4) is 0 Å². The number of halogens is 1. The Morgan fingerprint density at radius 3 is 2.33 bits per heavy atom. The van der Waals surface area contributed by atoms with E-state index in [1.807, 2.05) is 0 Å². The fourth-order valence-corrected chi connectivity index (χ4v) is 3.09. The molecule has 2 aromatic rings. The summed E-state index contributed by atoms with van der Waals surface area (Å²) in [7, 11) is -3.83. The van der Waals surface area contributed by atoms with E-state index in [1.165, 1.54) is 30.3 Å². The molecule has 0 aliphatic carbocycles. The molecule has 0 aliphatic heterocycles. The van der Waals surface area contributed by atoms with E-state index in [-0.39, 0.29) is 16.1 Å². The lowest BCUT2D eigenvalue weighted by Gasteiger charge is -2.13. The second kappa shape index (κ2) is 5.75. The van der Waals surface area contributed by atoms with Crippen LogP contribution in [0, 0.1) is 6.92 Å². The van der Waals surface area contributed by atoms with Crippen molar-refractivity contribution >= 4 is 33.2 Å². The minimum absolute atomic E-state index is 0.0468. The average Bonchev–Trinajstić information content (AvgIpc) is 2.41. The molecule has 2 rings (SSSR count). The van der Waals surface area contributed by atoms with Crippen LogP contribution < -0.4 is 10.5 Å². The van der Waals surface area contributed by atoms with E-state index >= 15 is 0 Å². The number of hydrogen-bond acceptors (Lipinski definition) is 3. The summed E-state index contributed by atoms with van der Waals surface area (Å²) in [5.41, 5.74) is 6.17. The van der Waals surface area contributed by atoms with Gasteiger partial charge in [0.05, 0.1) is 16.1 Å². The molecule has 3 N–H and O–H groups in total. The zero-order chi connectivity index (χ0) is 15.6. The molecule has 0 fully saturated rings. The van der Waals surface area contributed by atoms with Crippen molar-refractivity contribution in [3.8, 4) is 0 Å². The zero-order valence-corrected chi connectivity index (χ0v) is 12.7. The summed E-state index contributed by atoms with van der Waals surface area (Å²) >= 11 is 5.74. The van der Waals surface area contributed by atoms with Crippen LogP contribution in [-0.4, -0.2) is 14.3 Å². The number of rotatable bonds is 4. The Kier molecular flexibility index (Phi) is 4.20. The maximum absolute atomic E-state index is 12.3. The van der Waals surface area contributed by atoms with Crippen molar-refractivity contribution in [3.63, 3.8) is 0 Å². The molecule has 5 nitrogen and oxygen atoms in total. The van der Waals surface area contributed by atoms with E-state index in [9.17, 15) is 13.2 Å². The Bertz CT molecular complexity index is 786. The maximum atomic E-state index is 12.3. The zero-order valence-electron chi connectivity index (χ0n) is 11.1. The summed E-state index contributed by atoms with van der Waals surface area (Å²) in [6, 6.07) is 10.5. The van der Waals surface area contributed by atoms with Crippen LogP contribution in [0.5, 0.6) is 0 Å². The standard InChI is InChI=1S/C14H13ClN2O3S/c1-9-3-2-4-12(14(16)18)13(9)17-21(19,20)11-7-5-10(15)6-8-11/h2-8,17H,1H3,(H2,16,18). The van der Waals surface area contributed by atoms with Crippen molar-refractivity contribution in [1.82, 2.24) is 0 Å². The normalized spacial score (nSPS) is 11.1. The first-order chi connectivity index (χ1) is 9.81. The molecule has 0 aromatic heterocycles. The fraction of sp³-hybridized carbons (Fsp3) is 0.0714. The summed E-state index contributed by atoms with van der Waals surface area (Å²) < 4.78 is 27.1. The van der Waals surface area contributed by atoms with Gasteiger partial charge in [-0.25, -0.2) is 8.42 Å². The van der Waals surface area contributed by atoms with Gasteiger partial charge in [0.1, 0.15) is 0 Å². The average molecular weight is 325 g/mol. The van der Waals surface area contributed by atoms with Crippen LogP contribution in [0.15, 0.2) is 47.4 Å². The highest BCUT2D eigenvalue weighted by Gasteiger charge is 2.19. The first kappa shape index (κ1) is 15.3. The Hall–Kier alpha value is -2.05. The molecule has 2 aromatic carbocycles. The van der Waals surface area contributed by atoms with Crippen molar-refractivity contribution < 1.29 is 13.2 Å². The molecule has 0 atom stereocenters. The van der Waals surface area contributed by atoms with Crippen molar-refractivity contribution in [2.45, 2.75) is 11.8 Å². The molecule has 110 valence electrons. The van der Waals surface area contributed by atoms with Gasteiger partial charge in [0.2, 0.25) is 0 Å². The minimum atomic E-state index is -3.83. The van der Waals surface area contributed by atoms with Crippen LogP contribution in [0.1, 0.15) is 15.9 Å². The number of nitrogens with one attached hydrogen (secondary N) is 1. The number of amides is 1. The van der Waals surface area contributed by atoms with Gasteiger partial charge in [0.25, 0.3) is 15.9 Å². The Morgan fingerprint density at radius 1 is 1.14 bits per heavy atom. The van der Waals surface area contributed by atoms with Crippen molar-refractivity contribution in [2.75, 3.05) is 4.72 Å². The van der Waals surface area contributed by atoms with Crippen LogP contribution >= 0.6 is 11.6 Å². The van der Waals surface area contributed by atoms with Crippen molar-refractivity contribution in [3.05, 3.63) is 58.6 Å². The smallest absolute Gasteiger partial charge is 0.261 e. The third-order valence-electron chi connectivity index (χ3n) is 2.90. The van der Waals surface area contributed by atoms with Crippen LogP contribution in [0.4, 0.5) is 5.69 Å². The van der Waals surface area contributed by atoms with Crippen LogP contribution in [0.25, 0.3) is 0 Å². The molecule has 0 unspecified atom stereocenters. The van der Waals surface area contributed by atoms with Crippen LogP contribution in [-0.2, 0) is 10.0 Å². The molecule has 21 heavy (non-hydrogen) atoms. The summed E-state index contributed by atoms with van der Waals surface area (Å²) in [6.07, 6.45) is 0. The number of para-hydroxylation sites is 1. The van der Waals surface area contributed by atoms with Gasteiger partial charge in [-0.3, -0.25) is 9.52 Å². The van der Waals surface area contributed by atoms with E-state index in [0.717, 1.165) is 0 Å². The van der Waals surface area contributed by atoms with Crippen molar-refractivity contribution in [1.29, 1.82) is 0 Å². The first-order valence-corrected chi connectivity index (χ1v) is 7.85. The van der Waals surface area contributed by atoms with E-state index in [0.29, 0.717) is 10.6 Å². The quantitative estimate of drug-likeness (QED) is 0.905. The Morgan fingerprint density at radius 2 is 1.76 bits per heavy atom. The lowest BCUT2D eigenvalue weighted by molar-refractivity contribution is 0.100.